The summed E-state index contributed by atoms with van der Waals surface area (Å²) in [5.41, 5.74) is 3.89. The molecule has 0 saturated carbocycles. The van der Waals surface area contributed by atoms with Gasteiger partial charge in [-0.15, -0.1) is 0 Å². The fraction of sp³-hybridized carbons (Fsp3) is 0.690. The van der Waals surface area contributed by atoms with Crippen LogP contribution in [0.2, 0.25) is 13.3 Å². The van der Waals surface area contributed by atoms with Crippen molar-refractivity contribution in [2.24, 2.45) is 10.8 Å². The average molecular weight is 562 g/mol. The van der Waals surface area contributed by atoms with Gasteiger partial charge in [0.1, 0.15) is 0 Å². The molecule has 1 N–H and O–H groups in total. The maximum atomic E-state index is 12.7. The number of rotatable bonds is 14. The zero-order valence-corrected chi connectivity index (χ0v) is 25.3. The van der Waals surface area contributed by atoms with E-state index in [1.54, 1.807) is 0 Å². The summed E-state index contributed by atoms with van der Waals surface area (Å²) in [6.07, 6.45) is 11.7. The molecule has 0 heterocycles. The van der Waals surface area contributed by atoms with Gasteiger partial charge in [-0.25, -0.2) is 0 Å². The number of carbonyl (C=O) groups excluding carboxylic acids is 1. The van der Waals surface area contributed by atoms with Gasteiger partial charge >= 0.3 is 209 Å². The first kappa shape index (κ1) is 28.4. The van der Waals surface area contributed by atoms with Crippen LogP contribution in [0.5, 0.6) is 0 Å². The average Bonchev–Trinajstić information content (AvgIpc) is 3.03. The Morgan fingerprint density at radius 2 is 1.42 bits per heavy atom. The molecule has 0 bridgehead atoms. The van der Waals surface area contributed by atoms with Crippen LogP contribution in [0.4, 0.5) is 0 Å². The Balaban J connectivity index is 2.40. The molecule has 4 heteroatoms. The van der Waals surface area contributed by atoms with Gasteiger partial charge in [0.05, 0.1) is 0 Å². The molecule has 3 nitrogen and oxygen atoms in total. The SMILES string of the molecule is CCC[CH2][Sn]([CH2]CCC)([CH2]CCC)[C]1=CC(C)(C)C(NOC(=O)c2ccccc2)C1(C)CC. The normalized spacial score (nSPS) is 22.3. The number of carbonyl (C=O) groups is 1. The predicted octanol–water partition coefficient (Wildman–Crippen LogP) is 8.49. The van der Waals surface area contributed by atoms with E-state index < -0.39 is 18.4 Å². The summed E-state index contributed by atoms with van der Waals surface area (Å²) < 4.78 is 6.24. The number of nitrogens with one attached hydrogen (secondary N) is 1. The van der Waals surface area contributed by atoms with Gasteiger partial charge in [-0.05, 0) is 0 Å². The van der Waals surface area contributed by atoms with Crippen molar-refractivity contribution in [3.05, 3.63) is 45.6 Å². The molecule has 0 saturated heterocycles. The Kier molecular flexibility index (Phi) is 11.0. The van der Waals surface area contributed by atoms with Gasteiger partial charge in [-0.1, -0.05) is 0 Å². The molecule has 0 aromatic heterocycles. The summed E-state index contributed by atoms with van der Waals surface area (Å²) in [6.45, 7) is 16.5. The van der Waals surface area contributed by atoms with Crippen molar-refractivity contribution in [3.8, 4) is 0 Å². The Morgan fingerprint density at radius 1 is 0.909 bits per heavy atom. The van der Waals surface area contributed by atoms with Crippen LogP contribution >= 0.6 is 0 Å². The first-order valence-electron chi connectivity index (χ1n) is 13.5. The molecule has 2 atom stereocenters. The van der Waals surface area contributed by atoms with Crippen LogP contribution in [0.15, 0.2) is 40.0 Å². The third kappa shape index (κ3) is 6.65. The van der Waals surface area contributed by atoms with Gasteiger partial charge in [-0.3, -0.25) is 0 Å². The molecular weight excluding hydrogens is 513 g/mol. The number of hydrogen-bond donors (Lipinski definition) is 1. The monoisotopic (exact) mass is 563 g/mol. The minimum absolute atomic E-state index is 0.0335. The topological polar surface area (TPSA) is 38.3 Å². The molecule has 2 unspecified atom stereocenters. The number of hydrogen-bond acceptors (Lipinski definition) is 3. The molecule has 1 aliphatic carbocycles. The number of unbranched alkanes of at least 4 members (excludes halogenated alkanes) is 3. The van der Waals surface area contributed by atoms with Gasteiger partial charge in [0.2, 0.25) is 0 Å². The zero-order chi connectivity index (χ0) is 24.5. The molecule has 1 aromatic carbocycles. The van der Waals surface area contributed by atoms with Crippen molar-refractivity contribution in [3.63, 3.8) is 0 Å². The Morgan fingerprint density at radius 3 is 1.88 bits per heavy atom. The molecule has 33 heavy (non-hydrogen) atoms. The summed E-state index contributed by atoms with van der Waals surface area (Å²) >= 11 is -2.62. The summed E-state index contributed by atoms with van der Waals surface area (Å²) in [6, 6.07) is 9.40. The molecule has 0 amide bonds. The van der Waals surface area contributed by atoms with E-state index in [1.807, 2.05) is 33.9 Å². The molecule has 0 spiro atoms. The Bertz CT molecular complexity index is 751. The first-order valence-corrected chi connectivity index (χ1v) is 20.9. The van der Waals surface area contributed by atoms with Crippen LogP contribution in [0.3, 0.4) is 0 Å². The number of benzene rings is 1. The van der Waals surface area contributed by atoms with Crippen LogP contribution in [0.25, 0.3) is 0 Å². The van der Waals surface area contributed by atoms with Crippen molar-refractivity contribution in [2.45, 2.75) is 113 Å². The molecule has 0 aliphatic heterocycles. The van der Waals surface area contributed by atoms with Gasteiger partial charge < -0.3 is 0 Å². The van der Waals surface area contributed by atoms with E-state index >= 15 is 0 Å². The molecular formula is C29H49NO2Sn. The second-order valence-electron chi connectivity index (χ2n) is 11.0. The molecule has 0 fully saturated rings. The van der Waals surface area contributed by atoms with Gasteiger partial charge in [-0.2, -0.15) is 0 Å². The summed E-state index contributed by atoms with van der Waals surface area (Å²) in [7, 11) is 0. The van der Waals surface area contributed by atoms with Crippen molar-refractivity contribution < 1.29 is 9.63 Å². The molecule has 0 radical (unpaired) electrons. The van der Waals surface area contributed by atoms with E-state index in [9.17, 15) is 4.79 Å². The zero-order valence-electron chi connectivity index (χ0n) is 22.4. The number of hydroxylamine groups is 1. The Hall–Kier alpha value is -0.811. The van der Waals surface area contributed by atoms with Gasteiger partial charge in [0, 0.05) is 0 Å². The quantitative estimate of drug-likeness (QED) is 0.183. The molecule has 1 aromatic rings. The van der Waals surface area contributed by atoms with Crippen molar-refractivity contribution >= 4 is 24.3 Å². The molecule has 1 aliphatic rings. The van der Waals surface area contributed by atoms with E-state index in [4.69, 9.17) is 4.84 Å². The maximum absolute atomic E-state index is 12.7. The van der Waals surface area contributed by atoms with Crippen LogP contribution in [-0.4, -0.2) is 30.4 Å². The third-order valence-electron chi connectivity index (χ3n) is 8.12. The minimum atomic E-state index is -2.62. The summed E-state index contributed by atoms with van der Waals surface area (Å²) in [5.74, 6) is -0.295. The van der Waals surface area contributed by atoms with Gasteiger partial charge in [0.25, 0.3) is 0 Å². The molecule has 2 rings (SSSR count). The van der Waals surface area contributed by atoms with Gasteiger partial charge in [0.15, 0.2) is 0 Å². The third-order valence-corrected chi connectivity index (χ3v) is 24.6. The fourth-order valence-corrected chi connectivity index (χ4v) is 25.7. The second-order valence-corrected chi connectivity index (χ2v) is 24.2. The van der Waals surface area contributed by atoms with E-state index in [1.165, 1.54) is 51.8 Å². The van der Waals surface area contributed by atoms with Crippen LogP contribution in [0.1, 0.15) is 104 Å². The van der Waals surface area contributed by atoms with E-state index in [0.29, 0.717) is 5.56 Å². The summed E-state index contributed by atoms with van der Waals surface area (Å²) in [4.78, 5) is 18.5. The summed E-state index contributed by atoms with van der Waals surface area (Å²) in [5, 5.41) is 0. The van der Waals surface area contributed by atoms with Crippen LogP contribution in [0, 0.1) is 10.8 Å². The van der Waals surface area contributed by atoms with Crippen molar-refractivity contribution in [1.29, 1.82) is 0 Å². The fourth-order valence-electron chi connectivity index (χ4n) is 6.10. The van der Waals surface area contributed by atoms with Crippen molar-refractivity contribution in [1.82, 2.24) is 5.48 Å². The predicted molar refractivity (Wildman–Crippen MR) is 144 cm³/mol. The van der Waals surface area contributed by atoms with E-state index in [0.717, 1.165) is 6.42 Å². The standard InChI is InChI=1S/C17H22NO2.3C4H9.Sn/c1-5-17(4)12-11-16(2,3)15(17)18-20-14(19)13-9-7-6-8-10-13;3*1-3-4-2;/h6-11,15,18H,5H2,1-4H3;3*1,3-4H2,2H3;. The Labute approximate surface area is 208 Å². The van der Waals surface area contributed by atoms with Crippen LogP contribution in [-0.2, 0) is 4.84 Å². The van der Waals surface area contributed by atoms with E-state index in [-0.39, 0.29) is 22.8 Å². The van der Waals surface area contributed by atoms with E-state index in [2.05, 4.69) is 60.0 Å². The van der Waals surface area contributed by atoms with Crippen molar-refractivity contribution in [2.75, 3.05) is 0 Å². The molecule has 186 valence electrons. The second kappa shape index (κ2) is 12.8. The van der Waals surface area contributed by atoms with Crippen LogP contribution < -0.4 is 5.48 Å². The first-order chi connectivity index (χ1) is 15.7.